The molecular formula is C14H8N2. The topological polar surface area (TPSA) is 47.6 Å². The fourth-order valence-corrected chi connectivity index (χ4v) is 1.44. The molecule has 0 spiro atoms. The maximum Gasteiger partial charge on any atom is 0.100 e. The zero-order valence-corrected chi connectivity index (χ0v) is 8.51. The molecule has 1 aromatic rings. The number of fused-ring (bicyclic) bond motifs is 1. The lowest BCUT2D eigenvalue weighted by Gasteiger charge is -1.80. The Balaban J connectivity index is 0.000000120. The molecule has 2 heteroatoms. The van der Waals surface area contributed by atoms with Gasteiger partial charge in [0.15, 0.2) is 0 Å². The Morgan fingerprint density at radius 2 is 1.31 bits per heavy atom. The van der Waals surface area contributed by atoms with Gasteiger partial charge in [0, 0.05) is 11.1 Å². The van der Waals surface area contributed by atoms with Gasteiger partial charge < -0.3 is 0 Å². The summed E-state index contributed by atoms with van der Waals surface area (Å²) >= 11 is 0. The first-order valence-corrected chi connectivity index (χ1v) is 4.85. The van der Waals surface area contributed by atoms with Crippen LogP contribution in [0.25, 0.3) is 11.1 Å². The predicted octanol–water partition coefficient (Wildman–Crippen LogP) is 3.10. The van der Waals surface area contributed by atoms with E-state index in [1.165, 1.54) is 0 Å². The summed E-state index contributed by atoms with van der Waals surface area (Å²) in [6, 6.07) is 19.2. The Labute approximate surface area is 94.0 Å². The van der Waals surface area contributed by atoms with Gasteiger partial charge >= 0.3 is 0 Å². The lowest BCUT2D eigenvalue weighted by atomic mass is 10.2. The summed E-state index contributed by atoms with van der Waals surface area (Å²) in [6.07, 6.45) is 0. The van der Waals surface area contributed by atoms with Crippen molar-refractivity contribution in [3.8, 4) is 23.3 Å². The van der Waals surface area contributed by atoms with Crippen LogP contribution in [-0.4, -0.2) is 0 Å². The van der Waals surface area contributed by atoms with Gasteiger partial charge in [0.1, 0.15) is 6.07 Å². The summed E-state index contributed by atoms with van der Waals surface area (Å²) in [6.45, 7) is 0. The first-order chi connectivity index (χ1) is 7.86. The van der Waals surface area contributed by atoms with E-state index in [0.29, 0.717) is 5.56 Å². The zero-order chi connectivity index (χ0) is 11.4. The molecule has 16 heavy (non-hydrogen) atoms. The van der Waals surface area contributed by atoms with Crippen molar-refractivity contribution in [1.29, 1.82) is 10.5 Å². The number of nitriles is 2. The van der Waals surface area contributed by atoms with Gasteiger partial charge in [0.2, 0.25) is 0 Å². The van der Waals surface area contributed by atoms with Crippen LogP contribution in [0.1, 0.15) is 11.1 Å². The zero-order valence-electron chi connectivity index (χ0n) is 8.51. The molecule has 0 aromatic heterocycles. The lowest BCUT2D eigenvalue weighted by Crippen LogP contribution is -1.66. The molecule has 0 radical (unpaired) electrons. The molecule has 0 saturated carbocycles. The fourth-order valence-electron chi connectivity index (χ4n) is 1.44. The molecular weight excluding hydrogens is 196 g/mol. The summed E-state index contributed by atoms with van der Waals surface area (Å²) in [7, 11) is 0. The number of nitrogens with zero attached hydrogens (tertiary/aromatic N) is 2. The van der Waals surface area contributed by atoms with E-state index in [4.69, 9.17) is 10.5 Å². The second kappa shape index (κ2) is 4.29. The van der Waals surface area contributed by atoms with Gasteiger partial charge in [-0.3, -0.25) is 0 Å². The third kappa shape index (κ3) is 1.92. The number of hydrogen-bond acceptors (Lipinski definition) is 2. The molecule has 0 N–H and O–H groups in total. The molecule has 2 aliphatic rings. The largest absolute Gasteiger partial charge is 0.192 e. The molecule has 0 fully saturated rings. The highest BCUT2D eigenvalue weighted by molar-refractivity contribution is 5.93. The van der Waals surface area contributed by atoms with Crippen molar-refractivity contribution < 1.29 is 0 Å². The Kier molecular flexibility index (Phi) is 2.67. The van der Waals surface area contributed by atoms with Crippen molar-refractivity contribution in [2.75, 3.05) is 0 Å². The minimum atomic E-state index is 0.715. The van der Waals surface area contributed by atoms with E-state index in [1.54, 1.807) is 12.1 Å². The molecule has 0 heterocycles. The van der Waals surface area contributed by atoms with Crippen LogP contribution in [0.2, 0.25) is 0 Å². The van der Waals surface area contributed by atoms with Gasteiger partial charge in [0.05, 0.1) is 17.2 Å². The van der Waals surface area contributed by atoms with Crippen molar-refractivity contribution in [2.24, 2.45) is 0 Å². The number of rotatable bonds is 0. The summed E-state index contributed by atoms with van der Waals surface area (Å²) in [5.41, 5.74) is 3.89. The summed E-state index contributed by atoms with van der Waals surface area (Å²) < 4.78 is 0. The van der Waals surface area contributed by atoms with E-state index in [9.17, 15) is 0 Å². The highest BCUT2D eigenvalue weighted by atomic mass is 14.3. The SMILES string of the molecule is N#Cc1c2cccc1-2.N#Cc1ccccc1. The van der Waals surface area contributed by atoms with Crippen LogP contribution in [0.3, 0.4) is 0 Å². The van der Waals surface area contributed by atoms with E-state index in [0.717, 1.165) is 16.7 Å². The Morgan fingerprint density at radius 3 is 1.69 bits per heavy atom. The maximum atomic E-state index is 8.33. The minimum absolute atomic E-state index is 0.715. The smallest absolute Gasteiger partial charge is 0.100 e. The van der Waals surface area contributed by atoms with Crippen molar-refractivity contribution in [3.05, 3.63) is 59.7 Å². The quantitative estimate of drug-likeness (QED) is 0.565. The van der Waals surface area contributed by atoms with Crippen LogP contribution < -0.4 is 0 Å². The molecule has 2 aliphatic carbocycles. The molecule has 74 valence electrons. The highest BCUT2D eigenvalue weighted by Gasteiger charge is 2.22. The monoisotopic (exact) mass is 204 g/mol. The standard InChI is InChI=1S/C7H3N.C7H5N/c8-4-7-5-2-1-3-6(5)7;8-6-7-4-2-1-3-5-7/h1-3H;1-5H. The van der Waals surface area contributed by atoms with E-state index in [-0.39, 0.29) is 0 Å². The van der Waals surface area contributed by atoms with Crippen LogP contribution >= 0.6 is 0 Å². The lowest BCUT2D eigenvalue weighted by molar-refractivity contribution is 1.49. The third-order valence-electron chi connectivity index (χ3n) is 2.31. The first kappa shape index (κ1) is 9.96. The van der Waals surface area contributed by atoms with Crippen molar-refractivity contribution in [3.63, 3.8) is 0 Å². The van der Waals surface area contributed by atoms with E-state index < -0.39 is 0 Å². The number of hydrogen-bond donors (Lipinski definition) is 0. The summed E-state index contributed by atoms with van der Waals surface area (Å²) in [4.78, 5) is 0. The number of benzene rings is 2. The first-order valence-electron chi connectivity index (χ1n) is 4.85. The van der Waals surface area contributed by atoms with Gasteiger partial charge in [-0.25, -0.2) is 0 Å². The van der Waals surface area contributed by atoms with Crippen molar-refractivity contribution >= 4 is 0 Å². The molecule has 0 aliphatic heterocycles. The highest BCUT2D eigenvalue weighted by Crippen LogP contribution is 2.41. The van der Waals surface area contributed by atoms with Crippen LogP contribution in [0.15, 0.2) is 48.5 Å². The van der Waals surface area contributed by atoms with E-state index in [2.05, 4.69) is 6.07 Å². The molecule has 2 nitrogen and oxygen atoms in total. The molecule has 0 atom stereocenters. The average molecular weight is 204 g/mol. The van der Waals surface area contributed by atoms with Gasteiger partial charge in [-0.05, 0) is 12.1 Å². The van der Waals surface area contributed by atoms with Crippen LogP contribution in [-0.2, 0) is 0 Å². The van der Waals surface area contributed by atoms with Gasteiger partial charge in [-0.2, -0.15) is 10.5 Å². The second-order valence-corrected chi connectivity index (χ2v) is 3.32. The molecule has 0 saturated heterocycles. The van der Waals surface area contributed by atoms with Crippen LogP contribution in [0.5, 0.6) is 0 Å². The molecule has 3 rings (SSSR count). The van der Waals surface area contributed by atoms with Crippen LogP contribution in [0.4, 0.5) is 0 Å². The summed E-state index contributed by atoms with van der Waals surface area (Å²) in [5.74, 6) is 0. The average Bonchev–Trinajstić information content (AvgIpc) is 2.81. The third-order valence-corrected chi connectivity index (χ3v) is 2.31. The van der Waals surface area contributed by atoms with Gasteiger partial charge in [-0.15, -0.1) is 0 Å². The Bertz CT molecular complexity index is 554. The Hall–Kier alpha value is -2.58. The summed E-state index contributed by atoms with van der Waals surface area (Å²) in [5, 5.41) is 16.6. The van der Waals surface area contributed by atoms with Gasteiger partial charge in [-0.1, -0.05) is 36.4 Å². The fraction of sp³-hybridized carbons (Fsp3) is 0. The normalized spacial score (nSPS) is 9.12. The molecule has 1 aromatic carbocycles. The van der Waals surface area contributed by atoms with Crippen molar-refractivity contribution in [2.45, 2.75) is 0 Å². The van der Waals surface area contributed by atoms with Crippen molar-refractivity contribution in [1.82, 2.24) is 0 Å². The predicted molar refractivity (Wildman–Crippen MR) is 61.3 cm³/mol. The second-order valence-electron chi connectivity index (χ2n) is 3.32. The van der Waals surface area contributed by atoms with Crippen LogP contribution in [0, 0.1) is 22.7 Å². The van der Waals surface area contributed by atoms with E-state index >= 15 is 0 Å². The molecule has 0 bridgehead atoms. The Morgan fingerprint density at radius 1 is 0.688 bits per heavy atom. The minimum Gasteiger partial charge on any atom is -0.192 e. The van der Waals surface area contributed by atoms with E-state index in [1.807, 2.05) is 42.5 Å². The molecule has 0 amide bonds. The molecule has 0 unspecified atom stereocenters. The van der Waals surface area contributed by atoms with Gasteiger partial charge in [0.25, 0.3) is 0 Å². The maximum absolute atomic E-state index is 8.33.